The summed E-state index contributed by atoms with van der Waals surface area (Å²) in [6.45, 7) is 0.750. The van der Waals surface area contributed by atoms with E-state index in [0.29, 0.717) is 19.5 Å². The third-order valence-corrected chi connectivity index (χ3v) is 4.42. The largest absolute Gasteiger partial charge is 0.433 e. The minimum Gasteiger partial charge on any atom is -0.354 e. The number of halogens is 3. The van der Waals surface area contributed by atoms with Crippen LogP contribution in [0.15, 0.2) is 30.6 Å². The lowest BCUT2D eigenvalue weighted by atomic mass is 10.0. The van der Waals surface area contributed by atoms with Crippen LogP contribution in [0.5, 0.6) is 0 Å². The predicted octanol–water partition coefficient (Wildman–Crippen LogP) is 2.13. The van der Waals surface area contributed by atoms with Gasteiger partial charge in [-0.2, -0.15) is 18.3 Å². The van der Waals surface area contributed by atoms with E-state index in [1.165, 1.54) is 18.0 Å². The van der Waals surface area contributed by atoms with Crippen molar-refractivity contribution in [2.24, 2.45) is 0 Å². The number of pyridine rings is 1. The minimum absolute atomic E-state index is 0.0514. The Morgan fingerprint density at radius 1 is 1.30 bits per heavy atom. The monoisotopic (exact) mass is 381 g/mol. The van der Waals surface area contributed by atoms with Crippen molar-refractivity contribution in [3.63, 3.8) is 0 Å². The maximum Gasteiger partial charge on any atom is 0.433 e. The second kappa shape index (κ2) is 7.37. The van der Waals surface area contributed by atoms with E-state index in [-0.39, 0.29) is 23.2 Å². The molecule has 1 unspecified atom stereocenters. The van der Waals surface area contributed by atoms with E-state index < -0.39 is 17.8 Å². The van der Waals surface area contributed by atoms with Crippen LogP contribution in [0.4, 0.5) is 13.2 Å². The minimum atomic E-state index is -4.61. The van der Waals surface area contributed by atoms with Gasteiger partial charge in [0, 0.05) is 38.1 Å². The van der Waals surface area contributed by atoms with Gasteiger partial charge in [-0.15, -0.1) is 0 Å². The van der Waals surface area contributed by atoms with Crippen LogP contribution in [0, 0.1) is 0 Å². The Kier molecular flexibility index (Phi) is 5.15. The molecule has 7 nitrogen and oxygen atoms in total. The SMILES string of the molecule is CNC(=O)c1ccn(C2CCCN(C(=O)c3ccnc(C(F)(F)F)c3)C2)n1. The molecule has 1 aliphatic heterocycles. The number of amides is 2. The van der Waals surface area contributed by atoms with Crippen LogP contribution >= 0.6 is 0 Å². The van der Waals surface area contributed by atoms with Crippen molar-refractivity contribution in [1.29, 1.82) is 0 Å². The van der Waals surface area contributed by atoms with Crippen molar-refractivity contribution in [2.45, 2.75) is 25.1 Å². The third-order valence-electron chi connectivity index (χ3n) is 4.42. The maximum atomic E-state index is 12.8. The van der Waals surface area contributed by atoms with E-state index in [2.05, 4.69) is 15.4 Å². The lowest BCUT2D eigenvalue weighted by molar-refractivity contribution is -0.141. The van der Waals surface area contributed by atoms with Crippen molar-refractivity contribution in [3.05, 3.63) is 47.5 Å². The molecule has 1 N–H and O–H groups in total. The highest BCUT2D eigenvalue weighted by molar-refractivity contribution is 5.94. The summed E-state index contributed by atoms with van der Waals surface area (Å²) in [5, 5.41) is 6.71. The molecule has 10 heteroatoms. The number of aromatic nitrogens is 3. The predicted molar refractivity (Wildman–Crippen MR) is 89.0 cm³/mol. The van der Waals surface area contributed by atoms with Gasteiger partial charge in [0.05, 0.1) is 6.04 Å². The molecule has 27 heavy (non-hydrogen) atoms. The summed E-state index contributed by atoms with van der Waals surface area (Å²) in [6.07, 6.45) is -0.518. The van der Waals surface area contributed by atoms with Gasteiger partial charge in [0.25, 0.3) is 11.8 Å². The smallest absolute Gasteiger partial charge is 0.354 e. The number of hydrogen-bond acceptors (Lipinski definition) is 4. The summed E-state index contributed by atoms with van der Waals surface area (Å²) in [5.41, 5.74) is -0.876. The van der Waals surface area contributed by atoms with Gasteiger partial charge in [-0.3, -0.25) is 19.3 Å². The molecule has 3 rings (SSSR count). The molecule has 2 amide bonds. The van der Waals surface area contributed by atoms with E-state index in [0.717, 1.165) is 18.7 Å². The van der Waals surface area contributed by atoms with Crippen LogP contribution in [-0.4, -0.2) is 51.6 Å². The van der Waals surface area contributed by atoms with Crippen molar-refractivity contribution in [1.82, 2.24) is 25.0 Å². The van der Waals surface area contributed by atoms with E-state index >= 15 is 0 Å². The van der Waals surface area contributed by atoms with Crippen molar-refractivity contribution < 1.29 is 22.8 Å². The first kappa shape index (κ1) is 18.9. The molecule has 144 valence electrons. The molecular formula is C17H18F3N5O2. The zero-order valence-electron chi connectivity index (χ0n) is 14.5. The molecule has 0 spiro atoms. The summed E-state index contributed by atoms with van der Waals surface area (Å²) in [4.78, 5) is 29.1. The lowest BCUT2D eigenvalue weighted by Crippen LogP contribution is -2.41. The van der Waals surface area contributed by atoms with Gasteiger partial charge in [0.2, 0.25) is 0 Å². The van der Waals surface area contributed by atoms with E-state index in [9.17, 15) is 22.8 Å². The topological polar surface area (TPSA) is 80.1 Å². The molecule has 1 saturated heterocycles. The van der Waals surface area contributed by atoms with Crippen LogP contribution < -0.4 is 5.32 Å². The number of nitrogens with one attached hydrogen (secondary N) is 1. The fourth-order valence-electron chi connectivity index (χ4n) is 3.05. The molecular weight excluding hydrogens is 363 g/mol. The zero-order chi connectivity index (χ0) is 19.6. The number of rotatable bonds is 3. The van der Waals surface area contributed by atoms with Gasteiger partial charge < -0.3 is 10.2 Å². The highest BCUT2D eigenvalue weighted by Crippen LogP contribution is 2.28. The van der Waals surface area contributed by atoms with Gasteiger partial charge in [0.1, 0.15) is 11.4 Å². The lowest BCUT2D eigenvalue weighted by Gasteiger charge is -2.33. The fourth-order valence-corrected chi connectivity index (χ4v) is 3.05. The van der Waals surface area contributed by atoms with Crippen molar-refractivity contribution in [2.75, 3.05) is 20.1 Å². The summed E-state index contributed by atoms with van der Waals surface area (Å²) in [6, 6.07) is 3.48. The molecule has 1 aliphatic rings. The van der Waals surface area contributed by atoms with Crippen LogP contribution in [-0.2, 0) is 6.18 Å². The molecule has 0 aromatic carbocycles. The molecule has 0 saturated carbocycles. The molecule has 2 aromatic rings. The number of carbonyl (C=O) groups is 2. The number of nitrogens with zero attached hydrogens (tertiary/aromatic N) is 4. The summed E-state index contributed by atoms with van der Waals surface area (Å²) < 4.78 is 40.1. The van der Waals surface area contributed by atoms with Crippen molar-refractivity contribution in [3.8, 4) is 0 Å². The number of likely N-dealkylation sites (tertiary alicyclic amines) is 1. The second-order valence-corrected chi connectivity index (χ2v) is 6.23. The summed E-state index contributed by atoms with van der Waals surface area (Å²) >= 11 is 0. The Hall–Kier alpha value is -2.91. The molecule has 1 atom stereocenters. The molecule has 3 heterocycles. The Bertz CT molecular complexity index is 849. The van der Waals surface area contributed by atoms with Gasteiger partial charge in [-0.05, 0) is 31.0 Å². The molecule has 2 aromatic heterocycles. The molecule has 1 fully saturated rings. The maximum absolute atomic E-state index is 12.8. The Labute approximate surface area is 153 Å². The molecule has 0 bridgehead atoms. The standard InChI is InChI=1S/C17H18F3N5O2/c1-21-15(26)13-5-8-25(23-13)12-3-2-7-24(10-12)16(27)11-4-6-22-14(9-11)17(18,19)20/h4-6,8-9,12H,2-3,7,10H2,1H3,(H,21,26). The average Bonchev–Trinajstić information content (AvgIpc) is 3.16. The summed E-state index contributed by atoms with van der Waals surface area (Å²) in [7, 11) is 1.51. The number of carbonyl (C=O) groups excluding carboxylic acids is 2. The second-order valence-electron chi connectivity index (χ2n) is 6.23. The number of hydrogen-bond donors (Lipinski definition) is 1. The molecule has 0 aliphatic carbocycles. The third kappa shape index (κ3) is 4.09. The van der Waals surface area contributed by atoms with Crippen LogP contribution in [0.1, 0.15) is 45.4 Å². The van der Waals surface area contributed by atoms with Gasteiger partial charge in [-0.1, -0.05) is 0 Å². The summed E-state index contributed by atoms with van der Waals surface area (Å²) in [5.74, 6) is -0.791. The van der Waals surface area contributed by atoms with E-state index in [1.807, 2.05) is 0 Å². The van der Waals surface area contributed by atoms with E-state index in [4.69, 9.17) is 0 Å². The normalized spacial score (nSPS) is 17.6. The van der Waals surface area contributed by atoms with Gasteiger partial charge in [-0.25, -0.2) is 0 Å². The Morgan fingerprint density at radius 2 is 2.07 bits per heavy atom. The van der Waals surface area contributed by atoms with Crippen molar-refractivity contribution >= 4 is 11.8 Å². The highest BCUT2D eigenvalue weighted by Gasteiger charge is 2.34. The average molecular weight is 381 g/mol. The first-order chi connectivity index (χ1) is 12.8. The van der Waals surface area contributed by atoms with Crippen LogP contribution in [0.25, 0.3) is 0 Å². The first-order valence-electron chi connectivity index (χ1n) is 8.39. The van der Waals surface area contributed by atoms with Gasteiger partial charge in [0.15, 0.2) is 0 Å². The van der Waals surface area contributed by atoms with Crippen LogP contribution in [0.2, 0.25) is 0 Å². The Morgan fingerprint density at radius 3 is 2.78 bits per heavy atom. The highest BCUT2D eigenvalue weighted by atomic mass is 19.4. The molecule has 0 radical (unpaired) electrons. The van der Waals surface area contributed by atoms with Gasteiger partial charge >= 0.3 is 6.18 Å². The zero-order valence-corrected chi connectivity index (χ0v) is 14.5. The first-order valence-corrected chi connectivity index (χ1v) is 8.39. The quantitative estimate of drug-likeness (QED) is 0.883. The Balaban J connectivity index is 1.75. The number of alkyl halides is 3. The fraction of sp³-hybridized carbons (Fsp3) is 0.412. The van der Waals surface area contributed by atoms with E-state index in [1.54, 1.807) is 16.9 Å². The van der Waals surface area contributed by atoms with Crippen LogP contribution in [0.3, 0.4) is 0 Å². The number of piperidine rings is 1.